The highest BCUT2D eigenvalue weighted by atomic mass is 35.5. The highest BCUT2D eigenvalue weighted by molar-refractivity contribution is 6.37. The van der Waals surface area contributed by atoms with Crippen molar-refractivity contribution in [3.05, 3.63) is 33.8 Å². The van der Waals surface area contributed by atoms with Crippen LogP contribution in [0, 0.1) is 5.92 Å². The summed E-state index contributed by atoms with van der Waals surface area (Å²) in [6.45, 7) is 4.25. The van der Waals surface area contributed by atoms with Crippen molar-refractivity contribution in [3.63, 3.8) is 0 Å². The maximum atomic E-state index is 12.7. The molecule has 0 radical (unpaired) electrons. The second-order valence-corrected chi connectivity index (χ2v) is 7.00. The summed E-state index contributed by atoms with van der Waals surface area (Å²) in [7, 11) is 2.05. The number of ketones is 1. The first-order valence-corrected chi connectivity index (χ1v) is 8.38. The molecule has 0 aromatic heterocycles. The molecule has 2 nitrogen and oxygen atoms in total. The molecule has 1 aliphatic rings. The Labute approximate surface area is 137 Å². The van der Waals surface area contributed by atoms with Gasteiger partial charge in [0.25, 0.3) is 0 Å². The van der Waals surface area contributed by atoms with Crippen molar-refractivity contribution in [1.82, 2.24) is 4.90 Å². The highest BCUT2D eigenvalue weighted by Gasteiger charge is 2.31. The Balaban J connectivity index is 2.14. The van der Waals surface area contributed by atoms with E-state index >= 15 is 0 Å². The Morgan fingerprint density at radius 1 is 1.29 bits per heavy atom. The van der Waals surface area contributed by atoms with Crippen LogP contribution in [0.15, 0.2) is 18.2 Å². The van der Waals surface area contributed by atoms with Crippen LogP contribution in [0.5, 0.6) is 0 Å². The molecule has 1 saturated carbocycles. The predicted octanol–water partition coefficient (Wildman–Crippen LogP) is 5.08. The summed E-state index contributed by atoms with van der Waals surface area (Å²) >= 11 is 12.1. The Kier molecular flexibility index (Phi) is 5.70. The number of hydrogen-bond acceptors (Lipinski definition) is 2. The third-order valence-electron chi connectivity index (χ3n) is 4.78. The first kappa shape index (κ1) is 16.8. The maximum absolute atomic E-state index is 12.7. The van der Waals surface area contributed by atoms with Gasteiger partial charge in [0, 0.05) is 16.6 Å². The molecule has 2 rings (SSSR count). The van der Waals surface area contributed by atoms with Crippen LogP contribution < -0.4 is 0 Å². The third kappa shape index (κ3) is 3.80. The second kappa shape index (κ2) is 7.13. The summed E-state index contributed by atoms with van der Waals surface area (Å²) in [5, 5.41) is 0.989. The van der Waals surface area contributed by atoms with Gasteiger partial charge in [0.1, 0.15) is 0 Å². The van der Waals surface area contributed by atoms with E-state index < -0.39 is 0 Å². The number of Topliss-reactive ketones (excluding diaryl/α,β-unsaturated/α-hetero) is 1. The molecule has 0 spiro atoms. The molecule has 116 valence electrons. The van der Waals surface area contributed by atoms with E-state index in [9.17, 15) is 4.79 Å². The largest absolute Gasteiger partial charge is 0.293 e. The van der Waals surface area contributed by atoms with Gasteiger partial charge in [-0.05, 0) is 50.9 Å². The minimum Gasteiger partial charge on any atom is -0.293 e. The second-order valence-electron chi connectivity index (χ2n) is 6.16. The van der Waals surface area contributed by atoms with Crippen molar-refractivity contribution >= 4 is 29.0 Å². The van der Waals surface area contributed by atoms with E-state index in [0.717, 1.165) is 0 Å². The molecule has 1 fully saturated rings. The summed E-state index contributed by atoms with van der Waals surface area (Å²) in [5.41, 5.74) is 0.559. The van der Waals surface area contributed by atoms with Crippen LogP contribution >= 0.6 is 23.2 Å². The molecule has 1 aromatic carbocycles. The van der Waals surface area contributed by atoms with Gasteiger partial charge in [-0.25, -0.2) is 0 Å². The van der Waals surface area contributed by atoms with Crippen LogP contribution in [0.3, 0.4) is 0 Å². The fourth-order valence-electron chi connectivity index (χ4n) is 3.29. The average molecular weight is 328 g/mol. The molecule has 1 aromatic rings. The summed E-state index contributed by atoms with van der Waals surface area (Å²) < 4.78 is 0. The van der Waals surface area contributed by atoms with Gasteiger partial charge in [0.2, 0.25) is 0 Å². The van der Waals surface area contributed by atoms with Crippen LogP contribution in [0.25, 0.3) is 0 Å². The van der Waals surface area contributed by atoms with Gasteiger partial charge >= 0.3 is 0 Å². The normalized spacial score (nSPS) is 24.1. The number of carbonyl (C=O) groups excluding carboxylic acids is 1. The summed E-state index contributed by atoms with van der Waals surface area (Å²) in [5.74, 6) is 0.705. The molecule has 3 atom stereocenters. The van der Waals surface area contributed by atoms with Crippen LogP contribution in [-0.2, 0) is 0 Å². The average Bonchev–Trinajstić information content (AvgIpc) is 2.45. The van der Waals surface area contributed by atoms with Crippen molar-refractivity contribution < 1.29 is 4.79 Å². The predicted molar refractivity (Wildman–Crippen MR) is 89.4 cm³/mol. The minimum absolute atomic E-state index is 0.0666. The van der Waals surface area contributed by atoms with E-state index in [1.165, 1.54) is 25.7 Å². The lowest BCUT2D eigenvalue weighted by molar-refractivity contribution is 0.0692. The number of likely N-dealkylation sites (N-methyl/N-ethyl adjacent to an activating group) is 1. The van der Waals surface area contributed by atoms with Gasteiger partial charge in [0.15, 0.2) is 5.78 Å². The molecule has 0 heterocycles. The smallest absolute Gasteiger partial charge is 0.181 e. The number of hydrogen-bond donors (Lipinski definition) is 0. The molecule has 4 heteroatoms. The molecule has 21 heavy (non-hydrogen) atoms. The van der Waals surface area contributed by atoms with Crippen molar-refractivity contribution in [2.24, 2.45) is 5.92 Å². The summed E-state index contributed by atoms with van der Waals surface area (Å²) in [6.07, 6.45) is 4.97. The minimum atomic E-state index is -0.172. The zero-order chi connectivity index (χ0) is 15.6. The van der Waals surface area contributed by atoms with Crippen molar-refractivity contribution in [2.75, 3.05) is 7.05 Å². The SMILES string of the molecule is CC1CCCCC1N(C)C(C)C(=O)c1ccc(Cl)cc1Cl. The Morgan fingerprint density at radius 3 is 2.57 bits per heavy atom. The number of nitrogens with zero attached hydrogens (tertiary/aromatic N) is 1. The van der Waals surface area contributed by atoms with Gasteiger partial charge in [-0.3, -0.25) is 9.69 Å². The number of rotatable bonds is 4. The van der Waals surface area contributed by atoms with Gasteiger partial charge in [-0.2, -0.15) is 0 Å². The van der Waals surface area contributed by atoms with E-state index in [2.05, 4.69) is 18.9 Å². The lowest BCUT2D eigenvalue weighted by atomic mass is 9.84. The van der Waals surface area contributed by atoms with Crippen LogP contribution in [0.1, 0.15) is 49.9 Å². The Hall–Kier alpha value is -0.570. The first-order valence-electron chi connectivity index (χ1n) is 7.63. The molecule has 0 aliphatic heterocycles. The fourth-order valence-corrected chi connectivity index (χ4v) is 3.79. The zero-order valence-electron chi connectivity index (χ0n) is 12.9. The topological polar surface area (TPSA) is 20.3 Å². The molecular weight excluding hydrogens is 305 g/mol. The van der Waals surface area contributed by atoms with E-state index in [0.29, 0.717) is 27.6 Å². The van der Waals surface area contributed by atoms with E-state index in [1.54, 1.807) is 18.2 Å². The third-order valence-corrected chi connectivity index (χ3v) is 5.32. The lowest BCUT2D eigenvalue weighted by Crippen LogP contribution is -2.47. The number of carbonyl (C=O) groups is 1. The van der Waals surface area contributed by atoms with Crippen molar-refractivity contribution in [2.45, 2.75) is 51.6 Å². The number of benzene rings is 1. The summed E-state index contributed by atoms with van der Waals surface area (Å²) in [4.78, 5) is 14.9. The lowest BCUT2D eigenvalue weighted by Gasteiger charge is -2.39. The Bertz CT molecular complexity index is 518. The van der Waals surface area contributed by atoms with Gasteiger partial charge in [0.05, 0.1) is 11.1 Å². The zero-order valence-corrected chi connectivity index (χ0v) is 14.4. The van der Waals surface area contributed by atoms with E-state index in [4.69, 9.17) is 23.2 Å². The van der Waals surface area contributed by atoms with E-state index in [-0.39, 0.29) is 11.8 Å². The molecular formula is C17H23Cl2NO. The van der Waals surface area contributed by atoms with Gasteiger partial charge in [-0.1, -0.05) is 43.0 Å². The molecule has 0 bridgehead atoms. The molecule has 0 saturated heterocycles. The highest BCUT2D eigenvalue weighted by Crippen LogP contribution is 2.30. The maximum Gasteiger partial charge on any atom is 0.181 e. The van der Waals surface area contributed by atoms with E-state index in [1.807, 2.05) is 6.92 Å². The van der Waals surface area contributed by atoms with Crippen LogP contribution in [-0.4, -0.2) is 29.8 Å². The fraction of sp³-hybridized carbons (Fsp3) is 0.588. The van der Waals surface area contributed by atoms with Crippen LogP contribution in [0.2, 0.25) is 10.0 Å². The van der Waals surface area contributed by atoms with Crippen molar-refractivity contribution in [1.29, 1.82) is 0 Å². The monoisotopic (exact) mass is 327 g/mol. The number of halogens is 2. The first-order chi connectivity index (χ1) is 9.91. The standard InChI is InChI=1S/C17H23Cl2NO/c1-11-6-4-5-7-16(11)20(3)12(2)17(21)14-9-8-13(18)10-15(14)19/h8-12,16H,4-7H2,1-3H3. The van der Waals surface area contributed by atoms with Crippen molar-refractivity contribution in [3.8, 4) is 0 Å². The quantitative estimate of drug-likeness (QED) is 0.719. The summed E-state index contributed by atoms with van der Waals surface area (Å²) in [6, 6.07) is 5.38. The molecule has 1 aliphatic carbocycles. The molecule has 3 unspecified atom stereocenters. The van der Waals surface area contributed by atoms with Crippen LogP contribution in [0.4, 0.5) is 0 Å². The van der Waals surface area contributed by atoms with Gasteiger partial charge in [-0.15, -0.1) is 0 Å². The van der Waals surface area contributed by atoms with Gasteiger partial charge < -0.3 is 0 Å². The molecule has 0 N–H and O–H groups in total. The molecule has 0 amide bonds. The Morgan fingerprint density at radius 2 is 1.95 bits per heavy atom.